The fourth-order valence-electron chi connectivity index (χ4n) is 2.87. The molecule has 0 saturated heterocycles. The number of halogens is 1. The van der Waals surface area contributed by atoms with Crippen LogP contribution in [0.2, 0.25) is 0 Å². The molecule has 0 spiro atoms. The highest BCUT2D eigenvalue weighted by molar-refractivity contribution is 9.10. The molecule has 0 atom stereocenters. The maximum atomic E-state index is 12.4. The summed E-state index contributed by atoms with van der Waals surface area (Å²) >= 11 is 3.52. The molecule has 0 aliphatic heterocycles. The third kappa shape index (κ3) is 5.07. The molecule has 0 saturated carbocycles. The van der Waals surface area contributed by atoms with Gasteiger partial charge in [-0.15, -0.1) is 0 Å². The minimum absolute atomic E-state index is 0.0387. The van der Waals surface area contributed by atoms with Crippen molar-refractivity contribution in [3.63, 3.8) is 0 Å². The van der Waals surface area contributed by atoms with Gasteiger partial charge in [0.1, 0.15) is 0 Å². The van der Waals surface area contributed by atoms with Crippen molar-refractivity contribution in [3.05, 3.63) is 70.0 Å². The van der Waals surface area contributed by atoms with Gasteiger partial charge in [0.05, 0.1) is 0 Å². The van der Waals surface area contributed by atoms with Crippen LogP contribution < -0.4 is 0 Å². The second-order valence-electron chi connectivity index (χ2n) is 7.13. The molecular formula is C22H24BrN3O2. The average Bonchev–Trinajstić information content (AvgIpc) is 3.17. The Morgan fingerprint density at radius 1 is 1.14 bits per heavy atom. The van der Waals surface area contributed by atoms with Crippen LogP contribution in [0.25, 0.3) is 11.4 Å². The minimum Gasteiger partial charge on any atom is -0.341 e. The number of aryl methyl sites for hydroxylation is 1. The molecule has 0 fully saturated rings. The Morgan fingerprint density at radius 2 is 1.86 bits per heavy atom. The molecule has 146 valence electrons. The van der Waals surface area contributed by atoms with Crippen LogP contribution in [0.15, 0.2) is 57.5 Å². The Morgan fingerprint density at radius 3 is 2.54 bits per heavy atom. The number of benzene rings is 2. The lowest BCUT2D eigenvalue weighted by Gasteiger charge is -2.17. The predicted molar refractivity (Wildman–Crippen MR) is 113 cm³/mol. The topological polar surface area (TPSA) is 59.2 Å². The molecule has 0 unspecified atom stereocenters. The Bertz CT molecular complexity index is 935. The number of amides is 1. The van der Waals surface area contributed by atoms with Crippen molar-refractivity contribution >= 4 is 21.8 Å². The van der Waals surface area contributed by atoms with E-state index in [0.717, 1.165) is 15.6 Å². The van der Waals surface area contributed by atoms with Crippen LogP contribution in [0.1, 0.15) is 43.2 Å². The van der Waals surface area contributed by atoms with Gasteiger partial charge in [-0.05, 0) is 23.1 Å². The first kappa shape index (κ1) is 20.3. The van der Waals surface area contributed by atoms with Crippen molar-refractivity contribution in [1.29, 1.82) is 0 Å². The quantitative estimate of drug-likeness (QED) is 0.504. The van der Waals surface area contributed by atoms with Crippen molar-refractivity contribution in [2.45, 2.75) is 39.2 Å². The van der Waals surface area contributed by atoms with Crippen molar-refractivity contribution < 1.29 is 9.32 Å². The fourth-order valence-corrected chi connectivity index (χ4v) is 3.28. The Balaban J connectivity index is 1.56. The van der Waals surface area contributed by atoms with E-state index in [1.54, 1.807) is 11.9 Å². The molecule has 3 rings (SSSR count). The fraction of sp³-hybridized carbons (Fsp3) is 0.318. The summed E-state index contributed by atoms with van der Waals surface area (Å²) in [6.07, 6.45) is 0.755. The molecule has 6 heteroatoms. The number of rotatable bonds is 7. The number of hydrogen-bond acceptors (Lipinski definition) is 4. The Labute approximate surface area is 173 Å². The first-order valence-corrected chi connectivity index (χ1v) is 10.1. The van der Waals surface area contributed by atoms with E-state index in [4.69, 9.17) is 4.52 Å². The zero-order chi connectivity index (χ0) is 20.1. The highest BCUT2D eigenvalue weighted by Gasteiger charge is 2.14. The highest BCUT2D eigenvalue weighted by atomic mass is 79.9. The molecule has 0 aliphatic carbocycles. The molecule has 1 amide bonds. The highest BCUT2D eigenvalue weighted by Crippen LogP contribution is 2.21. The first-order chi connectivity index (χ1) is 13.4. The van der Waals surface area contributed by atoms with Crippen molar-refractivity contribution in [2.24, 2.45) is 0 Å². The van der Waals surface area contributed by atoms with Gasteiger partial charge in [0.15, 0.2) is 0 Å². The second-order valence-corrected chi connectivity index (χ2v) is 7.98. The largest absolute Gasteiger partial charge is 0.341 e. The van der Waals surface area contributed by atoms with Crippen LogP contribution in [0.4, 0.5) is 0 Å². The maximum Gasteiger partial charge on any atom is 0.227 e. The second kappa shape index (κ2) is 9.15. The summed E-state index contributed by atoms with van der Waals surface area (Å²) < 4.78 is 6.32. The summed E-state index contributed by atoms with van der Waals surface area (Å²) in [5, 5.41) is 4.05. The van der Waals surface area contributed by atoms with Crippen LogP contribution in [-0.2, 0) is 17.8 Å². The molecule has 3 aromatic rings. The number of carbonyl (C=O) groups excluding carboxylic acids is 1. The summed E-state index contributed by atoms with van der Waals surface area (Å²) in [6.45, 7) is 4.87. The maximum absolute atomic E-state index is 12.4. The van der Waals surface area contributed by atoms with Crippen LogP contribution in [0.5, 0.6) is 0 Å². The zero-order valence-electron chi connectivity index (χ0n) is 16.4. The molecule has 0 radical (unpaired) electrons. The van der Waals surface area contributed by atoms with E-state index in [-0.39, 0.29) is 5.91 Å². The summed E-state index contributed by atoms with van der Waals surface area (Å²) in [6, 6.07) is 16.1. The lowest BCUT2D eigenvalue weighted by molar-refractivity contribution is -0.130. The number of nitrogens with zero attached hydrogens (tertiary/aromatic N) is 3. The molecule has 0 N–H and O–H groups in total. The molecular weight excluding hydrogens is 418 g/mol. The van der Waals surface area contributed by atoms with E-state index in [9.17, 15) is 4.79 Å². The van der Waals surface area contributed by atoms with Crippen molar-refractivity contribution in [2.75, 3.05) is 7.05 Å². The Hall–Kier alpha value is -2.47. The SMILES string of the molecule is CC(C)c1ccc(-c2noc(CCC(=O)N(C)Cc3ccccc3Br)n2)cc1. The molecule has 1 heterocycles. The molecule has 2 aromatic carbocycles. The smallest absolute Gasteiger partial charge is 0.227 e. The van der Waals surface area contributed by atoms with Crippen molar-refractivity contribution in [3.8, 4) is 11.4 Å². The summed E-state index contributed by atoms with van der Waals surface area (Å²) in [4.78, 5) is 18.6. The van der Waals surface area contributed by atoms with Crippen LogP contribution in [0.3, 0.4) is 0 Å². The van der Waals surface area contributed by atoms with E-state index in [1.165, 1.54) is 5.56 Å². The average molecular weight is 442 g/mol. The monoisotopic (exact) mass is 441 g/mol. The van der Waals surface area contributed by atoms with Gasteiger partial charge in [-0.25, -0.2) is 0 Å². The van der Waals surface area contributed by atoms with Gasteiger partial charge in [-0.2, -0.15) is 4.98 Å². The lowest BCUT2D eigenvalue weighted by atomic mass is 10.0. The third-order valence-corrected chi connectivity index (χ3v) is 5.42. The first-order valence-electron chi connectivity index (χ1n) is 9.34. The van der Waals surface area contributed by atoms with Crippen molar-refractivity contribution in [1.82, 2.24) is 15.0 Å². The van der Waals surface area contributed by atoms with E-state index >= 15 is 0 Å². The molecule has 5 nitrogen and oxygen atoms in total. The lowest BCUT2D eigenvalue weighted by Crippen LogP contribution is -2.26. The predicted octanol–water partition coefficient (Wildman–Crippen LogP) is 5.21. The van der Waals surface area contributed by atoms with Gasteiger partial charge in [-0.1, -0.05) is 77.4 Å². The van der Waals surface area contributed by atoms with Gasteiger partial charge < -0.3 is 9.42 Å². The Kier molecular flexibility index (Phi) is 6.62. The minimum atomic E-state index is 0.0387. The summed E-state index contributed by atoms with van der Waals surface area (Å²) in [5.41, 5.74) is 3.26. The van der Waals surface area contributed by atoms with E-state index in [1.807, 2.05) is 36.4 Å². The number of aromatic nitrogens is 2. The standard InChI is InChI=1S/C22H24BrN3O2/c1-15(2)16-8-10-17(11-9-16)22-24-20(28-25-22)12-13-21(27)26(3)14-18-6-4-5-7-19(18)23/h4-11,15H,12-14H2,1-3H3. The zero-order valence-corrected chi connectivity index (χ0v) is 17.9. The van der Waals surface area contributed by atoms with Gasteiger partial charge in [-0.3, -0.25) is 4.79 Å². The normalized spacial score (nSPS) is 11.0. The van der Waals surface area contributed by atoms with Gasteiger partial charge >= 0.3 is 0 Å². The summed E-state index contributed by atoms with van der Waals surface area (Å²) in [7, 11) is 1.80. The van der Waals surface area contributed by atoms with Crippen LogP contribution in [0, 0.1) is 0 Å². The third-order valence-electron chi connectivity index (χ3n) is 4.65. The number of carbonyl (C=O) groups is 1. The molecule has 1 aromatic heterocycles. The molecule has 28 heavy (non-hydrogen) atoms. The van der Waals surface area contributed by atoms with Crippen LogP contribution in [-0.4, -0.2) is 28.0 Å². The van der Waals surface area contributed by atoms with Gasteiger partial charge in [0.25, 0.3) is 0 Å². The van der Waals surface area contributed by atoms with E-state index in [0.29, 0.717) is 37.0 Å². The number of hydrogen-bond donors (Lipinski definition) is 0. The molecule has 0 aliphatic rings. The van der Waals surface area contributed by atoms with E-state index < -0.39 is 0 Å². The van der Waals surface area contributed by atoms with Gasteiger partial charge in [0, 0.05) is 36.5 Å². The van der Waals surface area contributed by atoms with Gasteiger partial charge in [0.2, 0.25) is 17.6 Å². The summed E-state index contributed by atoms with van der Waals surface area (Å²) in [5.74, 6) is 1.55. The van der Waals surface area contributed by atoms with E-state index in [2.05, 4.69) is 52.1 Å². The van der Waals surface area contributed by atoms with Crippen LogP contribution >= 0.6 is 15.9 Å². The molecule has 0 bridgehead atoms.